The van der Waals surface area contributed by atoms with Crippen LogP contribution in [0.2, 0.25) is 0 Å². The predicted molar refractivity (Wildman–Crippen MR) is 64.7 cm³/mol. The number of hydrogen-bond acceptors (Lipinski definition) is 3. The van der Waals surface area contributed by atoms with Crippen molar-refractivity contribution in [3.05, 3.63) is 0 Å². The highest BCUT2D eigenvalue weighted by Gasteiger charge is 2.13. The van der Waals surface area contributed by atoms with Gasteiger partial charge >= 0.3 is 0 Å². The van der Waals surface area contributed by atoms with Crippen molar-refractivity contribution < 1.29 is 9.53 Å². The van der Waals surface area contributed by atoms with Crippen molar-refractivity contribution in [1.82, 2.24) is 5.32 Å². The summed E-state index contributed by atoms with van der Waals surface area (Å²) in [6.45, 7) is 3.86. The summed E-state index contributed by atoms with van der Waals surface area (Å²) < 4.78 is 5.05. The maximum absolute atomic E-state index is 11.5. The molecule has 0 fully saturated rings. The number of thiocarbonyl (C=S) groups is 1. The molecule has 0 radical (unpaired) electrons. The van der Waals surface area contributed by atoms with Crippen molar-refractivity contribution in [2.45, 2.75) is 45.3 Å². The van der Waals surface area contributed by atoms with Gasteiger partial charge in [-0.05, 0) is 19.8 Å². The van der Waals surface area contributed by atoms with Crippen molar-refractivity contribution in [3.63, 3.8) is 0 Å². The van der Waals surface area contributed by atoms with Gasteiger partial charge in [-0.15, -0.1) is 0 Å². The van der Waals surface area contributed by atoms with E-state index in [2.05, 4.69) is 5.32 Å². The number of carbonyl (C=O) groups excluding carboxylic acids is 1. The molecule has 0 aliphatic carbocycles. The first-order valence-corrected chi connectivity index (χ1v) is 5.53. The van der Waals surface area contributed by atoms with Crippen molar-refractivity contribution in [2.24, 2.45) is 5.73 Å². The van der Waals surface area contributed by atoms with Crippen LogP contribution in [0.5, 0.6) is 0 Å². The van der Waals surface area contributed by atoms with Crippen molar-refractivity contribution in [1.29, 1.82) is 0 Å². The quantitative estimate of drug-likeness (QED) is 0.642. The van der Waals surface area contributed by atoms with Crippen molar-refractivity contribution in [3.8, 4) is 0 Å². The van der Waals surface area contributed by atoms with Crippen LogP contribution >= 0.6 is 12.2 Å². The lowest BCUT2D eigenvalue weighted by molar-refractivity contribution is -0.122. The summed E-state index contributed by atoms with van der Waals surface area (Å²) in [6, 6.07) is -0.189. The van der Waals surface area contributed by atoms with E-state index >= 15 is 0 Å². The summed E-state index contributed by atoms with van der Waals surface area (Å²) >= 11 is 4.83. The van der Waals surface area contributed by atoms with Crippen LogP contribution in [0.3, 0.4) is 0 Å². The maximum Gasteiger partial charge on any atom is 0.220 e. The van der Waals surface area contributed by atoms with Crippen LogP contribution in [0.15, 0.2) is 0 Å². The number of ether oxygens (including phenoxy) is 1. The molecule has 0 heterocycles. The normalized spacial score (nSPS) is 14.3. The maximum atomic E-state index is 11.5. The summed E-state index contributed by atoms with van der Waals surface area (Å²) in [5.74, 6) is -0.0291. The van der Waals surface area contributed by atoms with Crippen LogP contribution in [0.4, 0.5) is 0 Å². The number of carbonyl (C=O) groups is 1. The first kappa shape index (κ1) is 14.3. The zero-order valence-corrected chi connectivity index (χ0v) is 10.4. The molecule has 0 saturated carbocycles. The Kier molecular flexibility index (Phi) is 7.25. The monoisotopic (exact) mass is 232 g/mol. The molecule has 2 atom stereocenters. The summed E-state index contributed by atoms with van der Waals surface area (Å²) in [5.41, 5.74) is 5.47. The van der Waals surface area contributed by atoms with E-state index in [0.29, 0.717) is 17.8 Å². The van der Waals surface area contributed by atoms with E-state index in [1.54, 1.807) is 7.11 Å². The first-order chi connectivity index (χ1) is 7.01. The van der Waals surface area contributed by atoms with Crippen LogP contribution in [0.1, 0.15) is 33.1 Å². The van der Waals surface area contributed by atoms with E-state index in [9.17, 15) is 4.79 Å². The molecular weight excluding hydrogens is 212 g/mol. The number of amides is 1. The molecule has 3 N–H and O–H groups in total. The minimum Gasteiger partial charge on any atom is -0.392 e. The van der Waals surface area contributed by atoms with E-state index in [4.69, 9.17) is 22.7 Å². The van der Waals surface area contributed by atoms with E-state index < -0.39 is 0 Å². The summed E-state index contributed by atoms with van der Waals surface area (Å²) in [6.07, 6.45) is 1.96. The molecule has 0 spiro atoms. The minimum atomic E-state index is -0.189. The second-order valence-electron chi connectivity index (χ2n) is 3.52. The Morgan fingerprint density at radius 1 is 1.60 bits per heavy atom. The third-order valence-corrected chi connectivity index (χ3v) is 2.55. The average molecular weight is 232 g/mol. The van der Waals surface area contributed by atoms with Crippen molar-refractivity contribution >= 4 is 23.1 Å². The summed E-state index contributed by atoms with van der Waals surface area (Å²) in [5, 5.41) is 2.78. The molecule has 0 bridgehead atoms. The summed E-state index contributed by atoms with van der Waals surface area (Å²) in [4.78, 5) is 11.8. The van der Waals surface area contributed by atoms with E-state index in [1.165, 1.54) is 0 Å². The molecular formula is C10H20N2O2S. The Morgan fingerprint density at radius 3 is 2.60 bits per heavy atom. The number of rotatable bonds is 7. The van der Waals surface area contributed by atoms with Crippen LogP contribution in [0, 0.1) is 0 Å². The Balaban J connectivity index is 3.86. The molecule has 0 aliphatic rings. The molecule has 2 unspecified atom stereocenters. The second-order valence-corrected chi connectivity index (χ2v) is 3.99. The fraction of sp³-hybridized carbons (Fsp3) is 0.800. The van der Waals surface area contributed by atoms with Gasteiger partial charge in [0.05, 0.1) is 17.1 Å². The third-order valence-electron chi connectivity index (χ3n) is 2.27. The summed E-state index contributed by atoms with van der Waals surface area (Å²) in [7, 11) is 1.63. The smallest absolute Gasteiger partial charge is 0.220 e. The van der Waals surface area contributed by atoms with E-state index in [0.717, 1.165) is 6.42 Å². The lowest BCUT2D eigenvalue weighted by atomic mass is 10.2. The molecule has 0 aromatic heterocycles. The number of nitrogens with one attached hydrogen (secondary N) is 1. The van der Waals surface area contributed by atoms with Gasteiger partial charge in [-0.1, -0.05) is 19.1 Å². The first-order valence-electron chi connectivity index (χ1n) is 5.12. The molecule has 5 heteroatoms. The van der Waals surface area contributed by atoms with Gasteiger partial charge in [0, 0.05) is 13.5 Å². The van der Waals surface area contributed by atoms with Crippen LogP contribution in [0.25, 0.3) is 0 Å². The predicted octanol–water partition coefficient (Wildman–Crippen LogP) is 0.982. The van der Waals surface area contributed by atoms with Crippen molar-refractivity contribution in [2.75, 3.05) is 7.11 Å². The Morgan fingerprint density at radius 2 is 2.20 bits per heavy atom. The molecule has 0 aromatic rings. The lowest BCUT2D eigenvalue weighted by Crippen LogP contribution is -2.43. The number of nitrogens with two attached hydrogens (primary N) is 1. The molecule has 0 aliphatic heterocycles. The second kappa shape index (κ2) is 7.59. The average Bonchev–Trinajstić information content (AvgIpc) is 2.21. The largest absolute Gasteiger partial charge is 0.392 e. The number of hydrogen-bond donors (Lipinski definition) is 2. The Hall–Kier alpha value is -0.680. The van der Waals surface area contributed by atoms with Gasteiger partial charge in [0.1, 0.15) is 0 Å². The minimum absolute atomic E-state index is 0.0291. The van der Waals surface area contributed by atoms with E-state index in [-0.39, 0.29) is 18.1 Å². The van der Waals surface area contributed by atoms with Gasteiger partial charge in [-0.3, -0.25) is 4.79 Å². The Bertz CT molecular complexity index is 221. The van der Waals surface area contributed by atoms with Gasteiger partial charge in [0.25, 0.3) is 0 Å². The van der Waals surface area contributed by atoms with Crippen LogP contribution < -0.4 is 11.1 Å². The zero-order valence-electron chi connectivity index (χ0n) is 9.58. The highest BCUT2D eigenvalue weighted by Crippen LogP contribution is 2.01. The molecule has 4 nitrogen and oxygen atoms in total. The molecule has 0 saturated heterocycles. The SMILES string of the molecule is CCC(NC(=O)CCC(C)OC)C(N)=S. The fourth-order valence-corrected chi connectivity index (χ4v) is 1.32. The number of methoxy groups -OCH3 is 1. The molecule has 1 amide bonds. The van der Waals surface area contributed by atoms with Gasteiger partial charge in [-0.25, -0.2) is 0 Å². The van der Waals surface area contributed by atoms with Gasteiger partial charge < -0.3 is 15.8 Å². The molecule has 0 rings (SSSR count). The van der Waals surface area contributed by atoms with E-state index in [1.807, 2.05) is 13.8 Å². The topological polar surface area (TPSA) is 64.3 Å². The zero-order chi connectivity index (χ0) is 11.8. The van der Waals surface area contributed by atoms with Gasteiger partial charge in [0.15, 0.2) is 0 Å². The molecule has 15 heavy (non-hydrogen) atoms. The van der Waals surface area contributed by atoms with Crippen LogP contribution in [-0.4, -0.2) is 30.2 Å². The lowest BCUT2D eigenvalue weighted by Gasteiger charge is -2.16. The fourth-order valence-electron chi connectivity index (χ4n) is 1.09. The molecule has 0 aromatic carbocycles. The van der Waals surface area contributed by atoms with Gasteiger partial charge in [0.2, 0.25) is 5.91 Å². The van der Waals surface area contributed by atoms with Crippen LogP contribution in [-0.2, 0) is 9.53 Å². The Labute approximate surface area is 96.5 Å². The highest BCUT2D eigenvalue weighted by molar-refractivity contribution is 7.80. The van der Waals surface area contributed by atoms with Gasteiger partial charge in [-0.2, -0.15) is 0 Å². The standard InChI is InChI=1S/C10H20N2O2S/c1-4-8(10(11)15)12-9(13)6-5-7(2)14-3/h7-8H,4-6H2,1-3H3,(H2,11,15)(H,12,13). The highest BCUT2D eigenvalue weighted by atomic mass is 32.1. The third kappa shape index (κ3) is 6.41. The molecule has 88 valence electrons.